The summed E-state index contributed by atoms with van der Waals surface area (Å²) in [4.78, 5) is 22.0. The van der Waals surface area contributed by atoms with Crippen molar-refractivity contribution in [2.45, 2.75) is 18.7 Å². The smallest absolute Gasteiger partial charge is 0.416 e. The molecule has 0 aliphatic heterocycles. The van der Waals surface area contributed by atoms with Crippen molar-refractivity contribution in [1.82, 2.24) is 5.32 Å². The van der Waals surface area contributed by atoms with Crippen LogP contribution in [0, 0.1) is 0 Å². The molecule has 24 heavy (non-hydrogen) atoms. The number of ether oxygens (including phenoxy) is 1. The number of hydrogen-bond acceptors (Lipinski definition) is 3. The number of amides is 1. The number of aliphatic carboxylic acids is 1. The number of nitrogens with one attached hydrogen (secondary N) is 1. The molecule has 1 amide bonds. The SMILES string of the molecule is O=C(O)CNC(=O)C1=CCC(Oc2ccc(C(F)(F)F)cc2)C=C1. The Kier molecular flexibility index (Phi) is 5.28. The molecule has 2 N–H and O–H groups in total. The summed E-state index contributed by atoms with van der Waals surface area (Å²) in [5.41, 5.74) is -0.449. The van der Waals surface area contributed by atoms with Gasteiger partial charge in [-0.3, -0.25) is 9.59 Å². The molecule has 1 unspecified atom stereocenters. The van der Waals surface area contributed by atoms with Crippen LogP contribution in [-0.2, 0) is 15.8 Å². The number of carboxylic acid groups (broad SMARTS) is 1. The normalized spacial score (nSPS) is 17.1. The fourth-order valence-electron chi connectivity index (χ4n) is 2.01. The van der Waals surface area contributed by atoms with Gasteiger partial charge in [0.25, 0.3) is 5.91 Å². The summed E-state index contributed by atoms with van der Waals surface area (Å²) in [5, 5.41) is 10.7. The van der Waals surface area contributed by atoms with Gasteiger partial charge in [-0.15, -0.1) is 0 Å². The maximum atomic E-state index is 12.5. The molecule has 1 aliphatic carbocycles. The quantitative estimate of drug-likeness (QED) is 0.863. The highest BCUT2D eigenvalue weighted by Crippen LogP contribution is 2.30. The predicted molar refractivity (Wildman–Crippen MR) is 78.3 cm³/mol. The van der Waals surface area contributed by atoms with E-state index in [0.717, 1.165) is 12.1 Å². The van der Waals surface area contributed by atoms with Crippen LogP contribution in [0.15, 0.2) is 48.1 Å². The van der Waals surface area contributed by atoms with Crippen LogP contribution in [0.5, 0.6) is 5.75 Å². The van der Waals surface area contributed by atoms with E-state index < -0.39 is 36.3 Å². The molecule has 128 valence electrons. The molecule has 0 bridgehead atoms. The second-order valence-corrected chi connectivity index (χ2v) is 5.01. The largest absolute Gasteiger partial charge is 0.486 e. The molecule has 1 aliphatic rings. The lowest BCUT2D eigenvalue weighted by molar-refractivity contribution is -0.138. The molecule has 2 rings (SSSR count). The fraction of sp³-hybridized carbons (Fsp3) is 0.250. The molecule has 1 atom stereocenters. The summed E-state index contributed by atoms with van der Waals surface area (Å²) in [6.45, 7) is -0.477. The number of alkyl halides is 3. The minimum atomic E-state index is -4.40. The van der Waals surface area contributed by atoms with Gasteiger partial charge in [0.2, 0.25) is 0 Å². The lowest BCUT2D eigenvalue weighted by Gasteiger charge is -2.18. The molecule has 0 spiro atoms. The van der Waals surface area contributed by atoms with Crippen molar-refractivity contribution in [2.24, 2.45) is 0 Å². The predicted octanol–water partition coefficient (Wildman–Crippen LogP) is 2.54. The topological polar surface area (TPSA) is 75.6 Å². The van der Waals surface area contributed by atoms with Gasteiger partial charge in [-0.1, -0.05) is 12.2 Å². The van der Waals surface area contributed by atoms with Crippen LogP contribution < -0.4 is 10.1 Å². The van der Waals surface area contributed by atoms with Crippen molar-refractivity contribution in [1.29, 1.82) is 0 Å². The molecular weight excluding hydrogens is 327 g/mol. The number of carbonyl (C=O) groups excluding carboxylic acids is 1. The van der Waals surface area contributed by atoms with Crippen molar-refractivity contribution in [3.05, 3.63) is 53.6 Å². The summed E-state index contributed by atoms with van der Waals surface area (Å²) >= 11 is 0. The highest BCUT2D eigenvalue weighted by atomic mass is 19.4. The Labute approximate surface area is 135 Å². The summed E-state index contributed by atoms with van der Waals surface area (Å²) in [6.07, 6.45) is 0.171. The van der Waals surface area contributed by atoms with E-state index >= 15 is 0 Å². The first-order valence-electron chi connectivity index (χ1n) is 6.98. The molecule has 0 radical (unpaired) electrons. The van der Waals surface area contributed by atoms with E-state index in [-0.39, 0.29) is 5.75 Å². The molecule has 8 heteroatoms. The van der Waals surface area contributed by atoms with Crippen LogP contribution in [0.1, 0.15) is 12.0 Å². The van der Waals surface area contributed by atoms with Crippen LogP contribution in [0.3, 0.4) is 0 Å². The Hall–Kier alpha value is -2.77. The van der Waals surface area contributed by atoms with Gasteiger partial charge in [-0.25, -0.2) is 0 Å². The lowest BCUT2D eigenvalue weighted by Crippen LogP contribution is -2.31. The molecule has 1 aromatic carbocycles. The zero-order valence-electron chi connectivity index (χ0n) is 12.3. The average molecular weight is 341 g/mol. The first kappa shape index (κ1) is 17.6. The molecule has 1 aromatic rings. The molecule has 0 saturated heterocycles. The number of hydrogen-bond donors (Lipinski definition) is 2. The van der Waals surface area contributed by atoms with Crippen LogP contribution >= 0.6 is 0 Å². The molecule has 0 saturated carbocycles. The third-order valence-electron chi connectivity index (χ3n) is 3.19. The summed E-state index contributed by atoms with van der Waals surface area (Å²) < 4.78 is 43.0. The van der Waals surface area contributed by atoms with E-state index in [1.54, 1.807) is 12.2 Å². The monoisotopic (exact) mass is 341 g/mol. The Balaban J connectivity index is 1.90. The zero-order valence-corrected chi connectivity index (χ0v) is 12.3. The van der Waals surface area contributed by atoms with Gasteiger partial charge in [0.1, 0.15) is 18.4 Å². The first-order valence-corrected chi connectivity index (χ1v) is 6.98. The number of carbonyl (C=O) groups is 2. The second kappa shape index (κ2) is 7.20. The summed E-state index contributed by atoms with van der Waals surface area (Å²) in [7, 11) is 0. The number of benzene rings is 1. The lowest BCUT2D eigenvalue weighted by atomic mass is 10.0. The van der Waals surface area contributed by atoms with Crippen LogP contribution in [0.25, 0.3) is 0 Å². The standard InChI is InChI=1S/C16H14F3NO4/c17-16(18,19)11-3-7-13(8-4-11)24-12-5-1-10(2-6-12)15(23)20-9-14(21)22/h1-5,7-8,12H,6,9H2,(H,20,23)(H,21,22). The van der Waals surface area contributed by atoms with Gasteiger partial charge in [0, 0.05) is 12.0 Å². The number of rotatable bonds is 5. The highest BCUT2D eigenvalue weighted by Gasteiger charge is 2.30. The molecule has 5 nitrogen and oxygen atoms in total. The maximum absolute atomic E-state index is 12.5. The van der Waals surface area contributed by atoms with Gasteiger partial charge in [-0.2, -0.15) is 13.2 Å². The highest BCUT2D eigenvalue weighted by molar-refractivity contribution is 5.97. The number of carboxylic acids is 1. The van der Waals surface area contributed by atoms with Gasteiger partial charge >= 0.3 is 12.1 Å². The van der Waals surface area contributed by atoms with E-state index in [0.29, 0.717) is 12.0 Å². The average Bonchev–Trinajstić information content (AvgIpc) is 2.53. The Morgan fingerprint density at radius 3 is 2.42 bits per heavy atom. The van der Waals surface area contributed by atoms with Crippen molar-refractivity contribution >= 4 is 11.9 Å². The number of halogens is 3. The van der Waals surface area contributed by atoms with Gasteiger partial charge < -0.3 is 15.2 Å². The molecule has 0 heterocycles. The van der Waals surface area contributed by atoms with Gasteiger partial charge in [0.05, 0.1) is 5.56 Å². The van der Waals surface area contributed by atoms with E-state index in [9.17, 15) is 22.8 Å². The fourth-order valence-corrected chi connectivity index (χ4v) is 2.01. The maximum Gasteiger partial charge on any atom is 0.416 e. The van der Waals surface area contributed by atoms with Crippen LogP contribution in [-0.4, -0.2) is 29.6 Å². The van der Waals surface area contributed by atoms with E-state index in [4.69, 9.17) is 9.84 Å². The third kappa shape index (κ3) is 4.87. The molecule has 0 fully saturated rings. The Morgan fingerprint density at radius 1 is 1.25 bits per heavy atom. The van der Waals surface area contributed by atoms with E-state index in [1.165, 1.54) is 18.2 Å². The van der Waals surface area contributed by atoms with E-state index in [2.05, 4.69) is 5.32 Å². The molecule has 0 aromatic heterocycles. The first-order chi connectivity index (χ1) is 11.3. The van der Waals surface area contributed by atoms with Crippen LogP contribution in [0.2, 0.25) is 0 Å². The van der Waals surface area contributed by atoms with Crippen molar-refractivity contribution in [3.63, 3.8) is 0 Å². The van der Waals surface area contributed by atoms with Crippen molar-refractivity contribution in [3.8, 4) is 5.75 Å². The van der Waals surface area contributed by atoms with Crippen molar-refractivity contribution < 1.29 is 32.6 Å². The molecular formula is C16H14F3NO4. The third-order valence-corrected chi connectivity index (χ3v) is 3.19. The van der Waals surface area contributed by atoms with Crippen molar-refractivity contribution in [2.75, 3.05) is 6.54 Å². The minimum Gasteiger partial charge on any atom is -0.486 e. The zero-order chi connectivity index (χ0) is 17.7. The Morgan fingerprint density at radius 2 is 1.92 bits per heavy atom. The second-order valence-electron chi connectivity index (χ2n) is 5.01. The minimum absolute atomic E-state index is 0.282. The van der Waals surface area contributed by atoms with Crippen LogP contribution in [0.4, 0.5) is 13.2 Å². The van der Waals surface area contributed by atoms with E-state index in [1.807, 2.05) is 0 Å². The summed E-state index contributed by atoms with van der Waals surface area (Å²) in [5.74, 6) is -1.38. The van der Waals surface area contributed by atoms with Gasteiger partial charge in [0.15, 0.2) is 0 Å². The summed E-state index contributed by atoms with van der Waals surface area (Å²) in [6, 6.07) is 4.33. The van der Waals surface area contributed by atoms with Gasteiger partial charge in [-0.05, 0) is 30.3 Å². The Bertz CT molecular complexity index is 678.